The minimum atomic E-state index is 0.798. The van der Waals surface area contributed by atoms with E-state index in [0.29, 0.717) is 0 Å². The first-order valence-corrected chi connectivity index (χ1v) is 16.6. The normalized spacial score (nSPS) is 11.3. The number of para-hydroxylation sites is 3. The number of ether oxygens (including phenoxy) is 1. The van der Waals surface area contributed by atoms with Crippen LogP contribution in [0.4, 0.5) is 17.1 Å². The molecule has 0 amide bonds. The maximum atomic E-state index is 6.10. The van der Waals surface area contributed by atoms with Crippen molar-refractivity contribution >= 4 is 44.3 Å². The summed E-state index contributed by atoms with van der Waals surface area (Å²) < 4.78 is 8.55. The maximum absolute atomic E-state index is 6.10. The Bertz CT molecular complexity index is 2540. The highest BCUT2D eigenvalue weighted by Gasteiger charge is 2.20. The van der Waals surface area contributed by atoms with Crippen molar-refractivity contribution in [3.05, 3.63) is 194 Å². The summed E-state index contributed by atoms with van der Waals surface area (Å²) in [7, 11) is 0. The van der Waals surface area contributed by atoms with E-state index in [2.05, 4.69) is 161 Å². The van der Waals surface area contributed by atoms with Crippen molar-refractivity contribution in [2.24, 2.45) is 0 Å². The number of aromatic nitrogens is 1. The first-order valence-electron chi connectivity index (χ1n) is 16.6. The summed E-state index contributed by atoms with van der Waals surface area (Å²) in [5.41, 5.74) is 10.4. The van der Waals surface area contributed by atoms with Gasteiger partial charge in [-0.1, -0.05) is 121 Å². The molecule has 7 aromatic carbocycles. The van der Waals surface area contributed by atoms with Crippen LogP contribution in [0.5, 0.6) is 11.5 Å². The Labute approximate surface area is 285 Å². The van der Waals surface area contributed by atoms with Gasteiger partial charge >= 0.3 is 0 Å². The van der Waals surface area contributed by atoms with Crippen LogP contribution >= 0.6 is 0 Å². The van der Waals surface area contributed by atoms with Crippen LogP contribution in [-0.4, -0.2) is 4.40 Å². The van der Waals surface area contributed by atoms with Crippen molar-refractivity contribution in [1.82, 2.24) is 4.40 Å². The van der Waals surface area contributed by atoms with E-state index in [1.54, 1.807) is 0 Å². The fourth-order valence-corrected chi connectivity index (χ4v) is 7.02. The highest BCUT2D eigenvalue weighted by Crippen LogP contribution is 2.42. The summed E-state index contributed by atoms with van der Waals surface area (Å²) in [5.74, 6) is 1.62. The highest BCUT2D eigenvalue weighted by molar-refractivity contribution is 6.11. The number of hydrogen-bond acceptors (Lipinski definition) is 2. The fraction of sp³-hybridized carbons (Fsp3) is 0. The molecule has 0 aliphatic rings. The van der Waals surface area contributed by atoms with Gasteiger partial charge in [-0.2, -0.15) is 0 Å². The number of hydrogen-bond donors (Lipinski definition) is 0. The summed E-state index contributed by atoms with van der Waals surface area (Å²) in [6.07, 6.45) is 0. The van der Waals surface area contributed by atoms with Crippen molar-refractivity contribution in [2.45, 2.75) is 0 Å². The molecule has 0 aliphatic heterocycles. The van der Waals surface area contributed by atoms with Crippen molar-refractivity contribution in [1.29, 1.82) is 0 Å². The van der Waals surface area contributed by atoms with Crippen LogP contribution < -0.4 is 9.64 Å². The lowest BCUT2D eigenvalue weighted by molar-refractivity contribution is 0.483. The van der Waals surface area contributed by atoms with E-state index in [-0.39, 0.29) is 0 Å². The van der Waals surface area contributed by atoms with Gasteiger partial charge in [-0.15, -0.1) is 0 Å². The third-order valence-electron chi connectivity index (χ3n) is 9.19. The van der Waals surface area contributed by atoms with Gasteiger partial charge in [-0.05, 0) is 89.3 Å². The van der Waals surface area contributed by atoms with Crippen LogP contribution in [0.3, 0.4) is 0 Å². The van der Waals surface area contributed by atoms with E-state index < -0.39 is 0 Å². The van der Waals surface area contributed by atoms with Crippen LogP contribution in [0.15, 0.2) is 194 Å². The molecule has 0 radical (unpaired) electrons. The number of rotatable bonds is 7. The molecule has 0 fully saturated rings. The Kier molecular flexibility index (Phi) is 7.14. The van der Waals surface area contributed by atoms with Gasteiger partial charge in [-0.25, -0.2) is 0 Å². The number of anilines is 3. The van der Waals surface area contributed by atoms with Crippen molar-refractivity contribution in [2.75, 3.05) is 4.90 Å². The topological polar surface area (TPSA) is 16.9 Å². The largest absolute Gasteiger partial charge is 0.457 e. The minimum Gasteiger partial charge on any atom is -0.457 e. The zero-order valence-electron chi connectivity index (χ0n) is 26.8. The summed E-state index contributed by atoms with van der Waals surface area (Å²) in [4.78, 5) is 2.29. The van der Waals surface area contributed by atoms with E-state index in [1.165, 1.54) is 44.0 Å². The molecule has 2 aromatic heterocycles. The fourth-order valence-electron chi connectivity index (χ4n) is 7.02. The van der Waals surface area contributed by atoms with Gasteiger partial charge in [0.1, 0.15) is 11.5 Å². The van der Waals surface area contributed by atoms with Crippen LogP contribution in [0.25, 0.3) is 49.6 Å². The lowest BCUT2D eigenvalue weighted by atomic mass is 10.00. The zero-order chi connectivity index (χ0) is 32.6. The number of nitrogens with zero attached hydrogens (tertiary/aromatic N) is 2. The van der Waals surface area contributed by atoms with Gasteiger partial charge in [0.05, 0.1) is 16.7 Å². The smallest absolute Gasteiger partial charge is 0.127 e. The molecular weight excluding hydrogens is 597 g/mol. The van der Waals surface area contributed by atoms with Crippen LogP contribution in [0.2, 0.25) is 0 Å². The van der Waals surface area contributed by atoms with Crippen molar-refractivity contribution in [3.8, 4) is 33.9 Å². The Morgan fingerprint density at radius 3 is 1.63 bits per heavy atom. The van der Waals surface area contributed by atoms with Gasteiger partial charge in [0.25, 0.3) is 0 Å². The van der Waals surface area contributed by atoms with Crippen molar-refractivity contribution in [3.63, 3.8) is 0 Å². The number of benzene rings is 7. The molecular formula is C46H32N2O. The first-order chi connectivity index (χ1) is 24.3. The highest BCUT2D eigenvalue weighted by atomic mass is 16.5. The van der Waals surface area contributed by atoms with Crippen LogP contribution in [0.1, 0.15) is 0 Å². The lowest BCUT2D eigenvalue weighted by Gasteiger charge is -2.26. The van der Waals surface area contributed by atoms with Gasteiger partial charge in [0.15, 0.2) is 0 Å². The van der Waals surface area contributed by atoms with Gasteiger partial charge < -0.3 is 14.0 Å². The van der Waals surface area contributed by atoms with Gasteiger partial charge in [-0.3, -0.25) is 0 Å². The Morgan fingerprint density at radius 1 is 0.388 bits per heavy atom. The molecule has 2 heterocycles. The van der Waals surface area contributed by atoms with Crippen LogP contribution in [0, 0.1) is 0 Å². The SMILES string of the molecule is c1ccc(Oc2ccc(N(c3ccccc3)c3ccc(-c4c5ccccc5cc5c(-c6ccccc6)c6ccccc6n45)cc3)cc2)cc1. The molecule has 0 saturated carbocycles. The second-order valence-electron chi connectivity index (χ2n) is 12.2. The third-order valence-corrected chi connectivity index (χ3v) is 9.19. The average Bonchev–Trinajstić information content (AvgIpc) is 3.50. The zero-order valence-corrected chi connectivity index (χ0v) is 26.8. The predicted octanol–water partition coefficient (Wildman–Crippen LogP) is 12.8. The molecule has 0 aliphatic carbocycles. The molecule has 0 atom stereocenters. The van der Waals surface area contributed by atoms with E-state index in [1.807, 2.05) is 42.5 Å². The monoisotopic (exact) mass is 628 g/mol. The minimum absolute atomic E-state index is 0.798. The molecule has 0 unspecified atom stereocenters. The maximum Gasteiger partial charge on any atom is 0.127 e. The van der Waals surface area contributed by atoms with E-state index in [4.69, 9.17) is 4.74 Å². The quantitative estimate of drug-likeness (QED) is 0.175. The van der Waals surface area contributed by atoms with E-state index >= 15 is 0 Å². The molecule has 3 nitrogen and oxygen atoms in total. The molecule has 0 spiro atoms. The van der Waals surface area contributed by atoms with Gasteiger partial charge in [0, 0.05) is 33.4 Å². The Hall–Kier alpha value is -6.58. The van der Waals surface area contributed by atoms with E-state index in [0.717, 1.165) is 34.1 Å². The van der Waals surface area contributed by atoms with E-state index in [9.17, 15) is 0 Å². The molecule has 232 valence electrons. The molecule has 0 N–H and O–H groups in total. The summed E-state index contributed by atoms with van der Waals surface area (Å²) in [5, 5.41) is 3.69. The van der Waals surface area contributed by atoms with Gasteiger partial charge in [0.2, 0.25) is 0 Å². The molecule has 9 aromatic rings. The second kappa shape index (κ2) is 12.2. The Morgan fingerprint density at radius 2 is 0.918 bits per heavy atom. The third kappa shape index (κ3) is 5.18. The first kappa shape index (κ1) is 28.6. The number of pyridine rings is 1. The second-order valence-corrected chi connectivity index (χ2v) is 12.2. The van der Waals surface area contributed by atoms with Crippen LogP contribution in [-0.2, 0) is 0 Å². The molecule has 3 heteroatoms. The summed E-state index contributed by atoms with van der Waals surface area (Å²) >= 11 is 0. The number of fused-ring (bicyclic) bond motifs is 4. The predicted molar refractivity (Wildman–Crippen MR) is 204 cm³/mol. The molecule has 9 rings (SSSR count). The lowest BCUT2D eigenvalue weighted by Crippen LogP contribution is -2.09. The summed E-state index contributed by atoms with van der Waals surface area (Å²) in [6, 6.07) is 68.3. The molecule has 0 saturated heterocycles. The molecule has 0 bridgehead atoms. The standard InChI is InChI=1S/C46H32N2O/c1-4-14-33(15-5-1)45-42-22-12-13-23-43(42)48-44(45)32-35-16-10-11-21-41(35)46(48)34-24-26-37(27-25-34)47(36-17-6-2-7-18-36)38-28-30-40(31-29-38)49-39-19-8-3-9-20-39/h1-32H. The Balaban J connectivity index is 1.19. The summed E-state index contributed by atoms with van der Waals surface area (Å²) in [6.45, 7) is 0. The van der Waals surface area contributed by atoms with Crippen molar-refractivity contribution < 1.29 is 4.74 Å². The molecule has 49 heavy (non-hydrogen) atoms. The average molecular weight is 629 g/mol.